The first kappa shape index (κ1) is 13.8. The number of ether oxygens (including phenoxy) is 2. The number of hydrogen-bond acceptors (Lipinski definition) is 4. The molecule has 1 aromatic rings. The molecular formula is C13H22N2O2. The van der Waals surface area contributed by atoms with Crippen LogP contribution in [-0.4, -0.2) is 27.3 Å². The van der Waals surface area contributed by atoms with Crippen LogP contribution in [-0.2, 0) is 0 Å². The first-order valence-corrected chi connectivity index (χ1v) is 5.70. The van der Waals surface area contributed by atoms with Gasteiger partial charge in [0.05, 0.1) is 20.3 Å². The van der Waals surface area contributed by atoms with Gasteiger partial charge in [-0.25, -0.2) is 0 Å². The minimum atomic E-state index is 0.000921. The molecule has 0 aliphatic rings. The standard InChI is InChI=1S/C13H22N2O2/c1-8-6-10(16-4)7-11(17-5)12(8)13(15-3)9(2)14/h6-7,9,13,15H,14H2,1-5H3. The summed E-state index contributed by atoms with van der Waals surface area (Å²) in [6, 6.07) is 3.94. The van der Waals surface area contributed by atoms with Crippen LogP contribution in [0.5, 0.6) is 11.5 Å². The van der Waals surface area contributed by atoms with Crippen molar-refractivity contribution in [2.45, 2.75) is 25.9 Å². The lowest BCUT2D eigenvalue weighted by atomic mass is 9.95. The molecule has 0 saturated carbocycles. The largest absolute Gasteiger partial charge is 0.497 e. The van der Waals surface area contributed by atoms with Crippen LogP contribution >= 0.6 is 0 Å². The molecule has 4 nitrogen and oxygen atoms in total. The van der Waals surface area contributed by atoms with Crippen LogP contribution in [0.25, 0.3) is 0 Å². The van der Waals surface area contributed by atoms with Crippen LogP contribution in [0.2, 0.25) is 0 Å². The number of likely N-dealkylation sites (N-methyl/N-ethyl adjacent to an activating group) is 1. The van der Waals surface area contributed by atoms with Gasteiger partial charge >= 0.3 is 0 Å². The van der Waals surface area contributed by atoms with Crippen molar-refractivity contribution in [2.24, 2.45) is 5.73 Å². The molecule has 0 fully saturated rings. The number of rotatable bonds is 5. The topological polar surface area (TPSA) is 56.5 Å². The molecule has 0 saturated heterocycles. The normalized spacial score (nSPS) is 14.2. The molecule has 2 unspecified atom stereocenters. The Morgan fingerprint density at radius 1 is 1.24 bits per heavy atom. The predicted molar refractivity (Wildman–Crippen MR) is 69.7 cm³/mol. The fraction of sp³-hybridized carbons (Fsp3) is 0.538. The third-order valence-electron chi connectivity index (χ3n) is 2.93. The van der Waals surface area contributed by atoms with E-state index in [1.165, 1.54) is 0 Å². The van der Waals surface area contributed by atoms with E-state index in [9.17, 15) is 0 Å². The quantitative estimate of drug-likeness (QED) is 0.818. The van der Waals surface area contributed by atoms with Gasteiger partial charge in [-0.05, 0) is 32.5 Å². The fourth-order valence-electron chi connectivity index (χ4n) is 2.09. The van der Waals surface area contributed by atoms with E-state index in [1.807, 2.05) is 33.0 Å². The Labute approximate surface area is 103 Å². The van der Waals surface area contributed by atoms with E-state index in [0.29, 0.717) is 0 Å². The Hall–Kier alpha value is -1.26. The minimum Gasteiger partial charge on any atom is -0.497 e. The highest BCUT2D eigenvalue weighted by molar-refractivity contribution is 5.48. The van der Waals surface area contributed by atoms with Gasteiger partial charge in [0.25, 0.3) is 0 Å². The van der Waals surface area contributed by atoms with Gasteiger partial charge in [0, 0.05) is 17.7 Å². The fourth-order valence-corrected chi connectivity index (χ4v) is 2.09. The molecule has 0 heterocycles. The Kier molecular flexibility index (Phi) is 4.78. The SMILES string of the molecule is CNC(c1c(C)cc(OC)cc1OC)C(C)N. The van der Waals surface area contributed by atoms with Crippen molar-refractivity contribution in [1.29, 1.82) is 0 Å². The van der Waals surface area contributed by atoms with Gasteiger partial charge in [-0.2, -0.15) is 0 Å². The summed E-state index contributed by atoms with van der Waals surface area (Å²) in [6.07, 6.45) is 0. The van der Waals surface area contributed by atoms with E-state index in [-0.39, 0.29) is 12.1 Å². The number of benzene rings is 1. The maximum atomic E-state index is 5.99. The zero-order chi connectivity index (χ0) is 13.0. The average Bonchev–Trinajstić information content (AvgIpc) is 2.31. The molecule has 3 N–H and O–H groups in total. The van der Waals surface area contributed by atoms with Crippen molar-refractivity contribution in [1.82, 2.24) is 5.32 Å². The van der Waals surface area contributed by atoms with Crippen LogP contribution in [0, 0.1) is 6.92 Å². The zero-order valence-corrected chi connectivity index (χ0v) is 11.2. The second-order valence-corrected chi connectivity index (χ2v) is 4.19. The van der Waals surface area contributed by atoms with E-state index in [2.05, 4.69) is 5.32 Å². The molecule has 0 aliphatic carbocycles. The number of nitrogens with two attached hydrogens (primary N) is 1. The van der Waals surface area contributed by atoms with Gasteiger partial charge in [-0.3, -0.25) is 0 Å². The van der Waals surface area contributed by atoms with E-state index >= 15 is 0 Å². The minimum absolute atomic E-state index is 0.000921. The van der Waals surface area contributed by atoms with Crippen LogP contribution < -0.4 is 20.5 Å². The average molecular weight is 238 g/mol. The second-order valence-electron chi connectivity index (χ2n) is 4.19. The number of methoxy groups -OCH3 is 2. The first-order valence-electron chi connectivity index (χ1n) is 5.70. The lowest BCUT2D eigenvalue weighted by Crippen LogP contribution is -2.34. The van der Waals surface area contributed by atoms with Crippen molar-refractivity contribution in [2.75, 3.05) is 21.3 Å². The summed E-state index contributed by atoms with van der Waals surface area (Å²) >= 11 is 0. The summed E-state index contributed by atoms with van der Waals surface area (Å²) in [6.45, 7) is 4.01. The highest BCUT2D eigenvalue weighted by Crippen LogP contribution is 2.33. The highest BCUT2D eigenvalue weighted by atomic mass is 16.5. The molecule has 1 rings (SSSR count). The Morgan fingerprint density at radius 2 is 1.88 bits per heavy atom. The molecule has 0 radical (unpaired) electrons. The van der Waals surface area contributed by atoms with E-state index in [4.69, 9.17) is 15.2 Å². The molecule has 0 bridgehead atoms. The number of aryl methyl sites for hydroxylation is 1. The first-order chi connectivity index (χ1) is 8.04. The Morgan fingerprint density at radius 3 is 2.29 bits per heavy atom. The van der Waals surface area contributed by atoms with Crippen LogP contribution in [0.3, 0.4) is 0 Å². The molecular weight excluding hydrogens is 216 g/mol. The summed E-state index contributed by atoms with van der Waals surface area (Å²) in [4.78, 5) is 0. The molecule has 4 heteroatoms. The van der Waals surface area contributed by atoms with Crippen LogP contribution in [0.1, 0.15) is 24.1 Å². The molecule has 0 aromatic heterocycles. The van der Waals surface area contributed by atoms with Crippen molar-refractivity contribution >= 4 is 0 Å². The molecule has 0 amide bonds. The highest BCUT2D eigenvalue weighted by Gasteiger charge is 2.21. The summed E-state index contributed by atoms with van der Waals surface area (Å²) in [7, 11) is 5.21. The summed E-state index contributed by atoms with van der Waals surface area (Å²) in [5.41, 5.74) is 8.19. The van der Waals surface area contributed by atoms with Crippen molar-refractivity contribution in [3.63, 3.8) is 0 Å². The molecule has 2 atom stereocenters. The van der Waals surface area contributed by atoms with Gasteiger partial charge in [-0.1, -0.05) is 0 Å². The predicted octanol–water partition coefficient (Wildman–Crippen LogP) is 1.62. The van der Waals surface area contributed by atoms with Gasteiger partial charge in [0.1, 0.15) is 11.5 Å². The summed E-state index contributed by atoms with van der Waals surface area (Å²) < 4.78 is 10.7. The summed E-state index contributed by atoms with van der Waals surface area (Å²) in [5.74, 6) is 1.60. The van der Waals surface area contributed by atoms with Gasteiger partial charge in [0.15, 0.2) is 0 Å². The Balaban J connectivity index is 3.30. The number of nitrogens with one attached hydrogen (secondary N) is 1. The summed E-state index contributed by atoms with van der Waals surface area (Å²) in [5, 5.41) is 3.22. The Bertz CT molecular complexity index is 378. The monoisotopic (exact) mass is 238 g/mol. The van der Waals surface area contributed by atoms with Crippen LogP contribution in [0.15, 0.2) is 12.1 Å². The maximum absolute atomic E-state index is 5.99. The maximum Gasteiger partial charge on any atom is 0.127 e. The molecule has 0 aliphatic heterocycles. The zero-order valence-electron chi connectivity index (χ0n) is 11.2. The van der Waals surface area contributed by atoms with Gasteiger partial charge in [-0.15, -0.1) is 0 Å². The lowest BCUT2D eigenvalue weighted by Gasteiger charge is -2.25. The molecule has 1 aromatic carbocycles. The van der Waals surface area contributed by atoms with Crippen molar-refractivity contribution in [3.8, 4) is 11.5 Å². The molecule has 0 spiro atoms. The van der Waals surface area contributed by atoms with E-state index in [0.717, 1.165) is 22.6 Å². The van der Waals surface area contributed by atoms with E-state index in [1.54, 1.807) is 14.2 Å². The van der Waals surface area contributed by atoms with Crippen molar-refractivity contribution < 1.29 is 9.47 Å². The third-order valence-corrected chi connectivity index (χ3v) is 2.93. The third kappa shape index (κ3) is 2.90. The van der Waals surface area contributed by atoms with E-state index < -0.39 is 0 Å². The smallest absolute Gasteiger partial charge is 0.127 e. The van der Waals surface area contributed by atoms with Gasteiger partial charge < -0.3 is 20.5 Å². The lowest BCUT2D eigenvalue weighted by molar-refractivity contribution is 0.380. The molecule has 17 heavy (non-hydrogen) atoms. The van der Waals surface area contributed by atoms with Crippen molar-refractivity contribution in [3.05, 3.63) is 23.3 Å². The van der Waals surface area contributed by atoms with Crippen LogP contribution in [0.4, 0.5) is 0 Å². The second kappa shape index (κ2) is 5.89. The molecule has 96 valence electrons. The van der Waals surface area contributed by atoms with Gasteiger partial charge in [0.2, 0.25) is 0 Å². The number of hydrogen-bond donors (Lipinski definition) is 2.